The van der Waals surface area contributed by atoms with Crippen molar-refractivity contribution in [2.45, 2.75) is 33.2 Å². The molecule has 1 aromatic heterocycles. The van der Waals surface area contributed by atoms with Crippen molar-refractivity contribution in [2.75, 3.05) is 5.32 Å². The van der Waals surface area contributed by atoms with E-state index in [1.54, 1.807) is 12.1 Å². The van der Waals surface area contributed by atoms with Crippen molar-refractivity contribution in [2.24, 2.45) is 0 Å². The van der Waals surface area contributed by atoms with E-state index in [-0.39, 0.29) is 11.3 Å². The molecule has 0 amide bonds. The lowest BCUT2D eigenvalue weighted by atomic mass is 10.1. The number of ketones is 1. The first kappa shape index (κ1) is 12.0. The van der Waals surface area contributed by atoms with Gasteiger partial charge in [-0.3, -0.25) is 4.79 Å². The molecule has 1 heterocycles. The highest BCUT2D eigenvalue weighted by Gasteiger charge is 2.13. The molecule has 82 valence electrons. The predicted molar refractivity (Wildman–Crippen MR) is 62.6 cm³/mol. The van der Waals surface area contributed by atoms with Crippen LogP contribution in [0.1, 0.15) is 38.2 Å². The van der Waals surface area contributed by atoms with Crippen LogP contribution in [0.3, 0.4) is 0 Å². The second-order valence-corrected chi connectivity index (χ2v) is 4.87. The first-order valence-corrected chi connectivity index (χ1v) is 5.13. The lowest BCUT2D eigenvalue weighted by Crippen LogP contribution is -2.26. The molecule has 0 aliphatic rings. The summed E-state index contributed by atoms with van der Waals surface area (Å²) in [4.78, 5) is 15.4. The van der Waals surface area contributed by atoms with E-state index < -0.39 is 0 Å². The molecule has 1 rings (SSSR count). The van der Waals surface area contributed by atoms with Gasteiger partial charge in [0.2, 0.25) is 0 Å². The summed E-state index contributed by atoms with van der Waals surface area (Å²) in [5, 5.41) is 3.57. The minimum absolute atomic E-state index is 0.0884. The van der Waals surface area contributed by atoms with Crippen molar-refractivity contribution in [3.05, 3.63) is 22.8 Å². The lowest BCUT2D eigenvalue weighted by Gasteiger charge is -2.21. The molecule has 0 radical (unpaired) electrons. The van der Waals surface area contributed by atoms with Crippen LogP contribution >= 0.6 is 11.6 Å². The van der Waals surface area contributed by atoms with Gasteiger partial charge in [-0.2, -0.15) is 0 Å². The molecule has 0 unspecified atom stereocenters. The number of hydrogen-bond donors (Lipinski definition) is 1. The van der Waals surface area contributed by atoms with E-state index >= 15 is 0 Å². The molecule has 4 heteroatoms. The quantitative estimate of drug-likeness (QED) is 0.788. The standard InChI is InChI=1S/C11H15ClN2O/c1-7(15)10-8(12)5-6-9(13-10)14-11(2,3)4/h5-6H,1-4H3,(H,13,14). The molecule has 0 saturated heterocycles. The Bertz CT molecular complexity index is 383. The Kier molecular flexibility index (Phi) is 3.35. The number of halogens is 1. The van der Waals surface area contributed by atoms with Crippen LogP contribution in [0, 0.1) is 0 Å². The smallest absolute Gasteiger partial charge is 0.179 e. The number of pyridine rings is 1. The van der Waals surface area contributed by atoms with Crippen molar-refractivity contribution in [1.29, 1.82) is 0 Å². The number of nitrogens with zero attached hydrogens (tertiary/aromatic N) is 1. The molecule has 0 aliphatic carbocycles. The highest BCUT2D eigenvalue weighted by Crippen LogP contribution is 2.19. The molecule has 0 fully saturated rings. The molecule has 3 nitrogen and oxygen atoms in total. The highest BCUT2D eigenvalue weighted by atomic mass is 35.5. The summed E-state index contributed by atoms with van der Waals surface area (Å²) in [6.45, 7) is 7.53. The van der Waals surface area contributed by atoms with E-state index in [1.165, 1.54) is 6.92 Å². The van der Waals surface area contributed by atoms with Crippen LogP contribution in [0.15, 0.2) is 12.1 Å². The maximum absolute atomic E-state index is 11.2. The summed E-state index contributed by atoms with van der Waals surface area (Å²) in [6.07, 6.45) is 0. The summed E-state index contributed by atoms with van der Waals surface area (Å²) in [7, 11) is 0. The first-order valence-electron chi connectivity index (χ1n) is 4.75. The number of anilines is 1. The third kappa shape index (κ3) is 3.51. The molecule has 0 aromatic carbocycles. The van der Waals surface area contributed by atoms with Crippen molar-refractivity contribution in [1.82, 2.24) is 4.98 Å². The first-order chi connectivity index (χ1) is 6.79. The van der Waals surface area contributed by atoms with Crippen LogP contribution in [0.25, 0.3) is 0 Å². The van der Waals surface area contributed by atoms with Gasteiger partial charge in [0.15, 0.2) is 5.78 Å². The Labute approximate surface area is 94.9 Å². The van der Waals surface area contributed by atoms with Gasteiger partial charge in [-0.05, 0) is 32.9 Å². The van der Waals surface area contributed by atoms with Gasteiger partial charge in [0.05, 0.1) is 5.02 Å². The van der Waals surface area contributed by atoms with Crippen LogP contribution in [0.5, 0.6) is 0 Å². The second kappa shape index (κ2) is 4.19. The summed E-state index contributed by atoms with van der Waals surface area (Å²) in [6, 6.07) is 3.44. The average molecular weight is 227 g/mol. The fraction of sp³-hybridized carbons (Fsp3) is 0.455. The molecule has 0 saturated carbocycles. The van der Waals surface area contributed by atoms with Crippen LogP contribution < -0.4 is 5.32 Å². The van der Waals surface area contributed by atoms with Crippen molar-refractivity contribution >= 4 is 23.2 Å². The van der Waals surface area contributed by atoms with Crippen LogP contribution in [-0.4, -0.2) is 16.3 Å². The highest BCUT2D eigenvalue weighted by molar-refractivity contribution is 6.33. The minimum Gasteiger partial charge on any atom is -0.365 e. The maximum atomic E-state index is 11.2. The third-order valence-electron chi connectivity index (χ3n) is 1.68. The minimum atomic E-state index is -0.127. The average Bonchev–Trinajstić information content (AvgIpc) is 2.05. The summed E-state index contributed by atoms with van der Waals surface area (Å²) in [5.74, 6) is 0.537. The third-order valence-corrected chi connectivity index (χ3v) is 1.99. The lowest BCUT2D eigenvalue weighted by molar-refractivity contribution is 0.101. The zero-order valence-electron chi connectivity index (χ0n) is 9.39. The van der Waals surface area contributed by atoms with E-state index in [1.807, 2.05) is 20.8 Å². The van der Waals surface area contributed by atoms with Crippen LogP contribution in [-0.2, 0) is 0 Å². The SMILES string of the molecule is CC(=O)c1nc(NC(C)(C)C)ccc1Cl. The molecule has 15 heavy (non-hydrogen) atoms. The Morgan fingerprint density at radius 2 is 2.00 bits per heavy atom. The monoisotopic (exact) mass is 226 g/mol. The maximum Gasteiger partial charge on any atom is 0.179 e. The molecular weight excluding hydrogens is 212 g/mol. The van der Waals surface area contributed by atoms with Gasteiger partial charge in [0, 0.05) is 12.5 Å². The number of rotatable bonds is 2. The fourth-order valence-corrected chi connectivity index (χ4v) is 1.38. The molecule has 0 spiro atoms. The van der Waals surface area contributed by atoms with Gasteiger partial charge in [-0.15, -0.1) is 0 Å². The van der Waals surface area contributed by atoms with Crippen molar-refractivity contribution < 1.29 is 4.79 Å². The van der Waals surface area contributed by atoms with E-state index in [2.05, 4.69) is 10.3 Å². The molecular formula is C11H15ClN2O. The fourth-order valence-electron chi connectivity index (χ4n) is 1.14. The van der Waals surface area contributed by atoms with Crippen molar-refractivity contribution in [3.63, 3.8) is 0 Å². The Balaban J connectivity index is 3.03. The Morgan fingerprint density at radius 3 is 2.47 bits per heavy atom. The number of carbonyl (C=O) groups excluding carboxylic acids is 1. The summed E-state index contributed by atoms with van der Waals surface area (Å²) >= 11 is 5.85. The molecule has 1 N–H and O–H groups in total. The largest absolute Gasteiger partial charge is 0.365 e. The van der Waals surface area contributed by atoms with Crippen LogP contribution in [0.2, 0.25) is 5.02 Å². The van der Waals surface area contributed by atoms with Crippen molar-refractivity contribution in [3.8, 4) is 0 Å². The number of Topliss-reactive ketones (excluding diaryl/α,β-unsaturated/α-hetero) is 1. The zero-order chi connectivity index (χ0) is 11.6. The number of nitrogens with one attached hydrogen (secondary N) is 1. The number of aromatic nitrogens is 1. The van der Waals surface area contributed by atoms with Crippen LogP contribution in [0.4, 0.5) is 5.82 Å². The summed E-state index contributed by atoms with van der Waals surface area (Å²) in [5.41, 5.74) is 0.223. The molecule has 0 bridgehead atoms. The molecule has 1 aromatic rings. The Hall–Kier alpha value is -1.09. The van der Waals surface area contributed by atoms with E-state index in [0.717, 1.165) is 0 Å². The number of carbonyl (C=O) groups is 1. The van der Waals surface area contributed by atoms with Gasteiger partial charge in [-0.1, -0.05) is 11.6 Å². The van der Waals surface area contributed by atoms with Gasteiger partial charge < -0.3 is 5.32 Å². The topological polar surface area (TPSA) is 42.0 Å². The van der Waals surface area contributed by atoms with Gasteiger partial charge in [0.1, 0.15) is 11.5 Å². The molecule has 0 aliphatic heterocycles. The van der Waals surface area contributed by atoms with E-state index in [0.29, 0.717) is 16.5 Å². The number of hydrogen-bond acceptors (Lipinski definition) is 3. The predicted octanol–water partition coefficient (Wildman–Crippen LogP) is 3.15. The normalized spacial score (nSPS) is 11.3. The summed E-state index contributed by atoms with van der Waals surface area (Å²) < 4.78 is 0. The van der Waals surface area contributed by atoms with E-state index in [9.17, 15) is 4.79 Å². The van der Waals surface area contributed by atoms with Gasteiger partial charge in [0.25, 0.3) is 0 Å². The second-order valence-electron chi connectivity index (χ2n) is 4.46. The molecule has 0 atom stereocenters. The Morgan fingerprint density at radius 1 is 1.40 bits per heavy atom. The van der Waals surface area contributed by atoms with Gasteiger partial charge >= 0.3 is 0 Å². The van der Waals surface area contributed by atoms with E-state index in [4.69, 9.17) is 11.6 Å². The van der Waals surface area contributed by atoms with Gasteiger partial charge in [-0.25, -0.2) is 4.98 Å². The zero-order valence-corrected chi connectivity index (χ0v) is 10.1.